The molecule has 1 unspecified atom stereocenters. The maximum Gasteiger partial charge on any atom is 0.322 e. The topological polar surface area (TPSA) is 32.3 Å². The molecule has 1 heterocycles. The van der Waals surface area contributed by atoms with E-state index in [2.05, 4.69) is 21.2 Å². The number of benzene rings is 2. The highest BCUT2D eigenvalue weighted by atomic mass is 79.9. The quantitative estimate of drug-likeness (QED) is 0.772. The molecule has 0 radical (unpaired) electrons. The minimum absolute atomic E-state index is 0.109. The first-order chi connectivity index (χ1) is 11.1. The average Bonchev–Trinajstić information content (AvgIpc) is 3.00. The van der Waals surface area contributed by atoms with Crippen LogP contribution in [0.25, 0.3) is 0 Å². The predicted molar refractivity (Wildman–Crippen MR) is 88.2 cm³/mol. The zero-order valence-electron chi connectivity index (χ0n) is 12.2. The van der Waals surface area contributed by atoms with E-state index in [1.165, 1.54) is 18.2 Å². The summed E-state index contributed by atoms with van der Waals surface area (Å²) < 4.78 is 28.4. The average molecular weight is 381 g/mol. The van der Waals surface area contributed by atoms with Crippen molar-refractivity contribution in [1.82, 2.24) is 4.90 Å². The zero-order chi connectivity index (χ0) is 16.4. The Bertz CT molecular complexity index is 738. The first-order valence-electron chi connectivity index (χ1n) is 7.33. The molecule has 120 valence electrons. The third-order valence-electron chi connectivity index (χ3n) is 3.95. The van der Waals surface area contributed by atoms with Crippen LogP contribution in [0.3, 0.4) is 0 Å². The van der Waals surface area contributed by atoms with Crippen LogP contribution >= 0.6 is 15.9 Å². The lowest BCUT2D eigenvalue weighted by Gasteiger charge is -2.25. The van der Waals surface area contributed by atoms with Gasteiger partial charge in [-0.25, -0.2) is 13.6 Å². The van der Waals surface area contributed by atoms with Gasteiger partial charge in [0, 0.05) is 16.6 Å². The molecule has 0 saturated carbocycles. The lowest BCUT2D eigenvalue weighted by atomic mass is 10.0. The molecule has 0 aromatic heterocycles. The molecule has 3 rings (SSSR count). The first kappa shape index (κ1) is 15.9. The fraction of sp³-hybridized carbons (Fsp3) is 0.235. The number of carbonyl (C=O) groups is 1. The third kappa shape index (κ3) is 3.37. The van der Waals surface area contributed by atoms with Gasteiger partial charge in [-0.05, 0) is 37.1 Å². The Labute approximate surface area is 141 Å². The number of urea groups is 1. The van der Waals surface area contributed by atoms with Crippen LogP contribution in [0.5, 0.6) is 0 Å². The van der Waals surface area contributed by atoms with Gasteiger partial charge in [-0.15, -0.1) is 0 Å². The molecule has 1 N–H and O–H groups in total. The van der Waals surface area contributed by atoms with E-state index in [9.17, 15) is 13.6 Å². The molecule has 0 aliphatic carbocycles. The van der Waals surface area contributed by atoms with Gasteiger partial charge in [0.15, 0.2) is 0 Å². The van der Waals surface area contributed by atoms with E-state index in [4.69, 9.17) is 0 Å². The number of nitrogens with one attached hydrogen (secondary N) is 1. The van der Waals surface area contributed by atoms with Gasteiger partial charge in [0.2, 0.25) is 0 Å². The molecule has 1 aliphatic heterocycles. The van der Waals surface area contributed by atoms with Crippen molar-refractivity contribution in [2.45, 2.75) is 18.9 Å². The Morgan fingerprint density at radius 3 is 2.70 bits per heavy atom. The van der Waals surface area contributed by atoms with Crippen molar-refractivity contribution in [1.29, 1.82) is 0 Å². The summed E-state index contributed by atoms with van der Waals surface area (Å²) in [5.74, 6) is -0.846. The standard InChI is InChI=1S/C17H15BrF2N2O/c18-11-7-8-15(14(20)10-11)21-17(23)22-9-3-6-16(22)12-4-1-2-5-13(12)19/h1-2,4-5,7-8,10,16H,3,6,9H2,(H,21,23). The second-order valence-corrected chi connectivity index (χ2v) is 6.34. The van der Waals surface area contributed by atoms with Crippen molar-refractivity contribution >= 4 is 27.6 Å². The molecule has 6 heteroatoms. The first-order valence-corrected chi connectivity index (χ1v) is 8.12. The van der Waals surface area contributed by atoms with Gasteiger partial charge in [0.05, 0.1) is 11.7 Å². The maximum absolute atomic E-state index is 14.0. The van der Waals surface area contributed by atoms with Crippen LogP contribution in [-0.2, 0) is 0 Å². The Morgan fingerprint density at radius 2 is 1.96 bits per heavy atom. The van der Waals surface area contributed by atoms with Crippen LogP contribution in [-0.4, -0.2) is 17.5 Å². The number of carbonyl (C=O) groups excluding carboxylic acids is 1. The Hall–Kier alpha value is -1.95. The molecular weight excluding hydrogens is 366 g/mol. The van der Waals surface area contributed by atoms with Gasteiger partial charge in [-0.2, -0.15) is 0 Å². The molecule has 0 spiro atoms. The fourth-order valence-electron chi connectivity index (χ4n) is 2.86. The minimum Gasteiger partial charge on any atom is -0.317 e. The molecule has 23 heavy (non-hydrogen) atoms. The monoisotopic (exact) mass is 380 g/mol. The molecule has 1 fully saturated rings. The molecule has 3 nitrogen and oxygen atoms in total. The Morgan fingerprint density at radius 1 is 1.17 bits per heavy atom. The predicted octanol–water partition coefficient (Wildman–Crippen LogP) is 5.10. The van der Waals surface area contributed by atoms with Gasteiger partial charge in [0.25, 0.3) is 0 Å². The van der Waals surface area contributed by atoms with E-state index in [-0.39, 0.29) is 17.5 Å². The zero-order valence-corrected chi connectivity index (χ0v) is 13.8. The van der Waals surface area contributed by atoms with Crippen LogP contribution in [0.15, 0.2) is 46.9 Å². The molecule has 2 amide bonds. The maximum atomic E-state index is 14.0. The number of halogens is 3. The molecule has 1 aliphatic rings. The highest BCUT2D eigenvalue weighted by Gasteiger charge is 2.31. The van der Waals surface area contributed by atoms with E-state index >= 15 is 0 Å². The van der Waals surface area contributed by atoms with E-state index in [1.54, 1.807) is 29.2 Å². The Balaban J connectivity index is 1.80. The van der Waals surface area contributed by atoms with E-state index in [0.29, 0.717) is 23.0 Å². The van der Waals surface area contributed by atoms with E-state index in [0.717, 1.165) is 6.42 Å². The van der Waals surface area contributed by atoms with Crippen LogP contribution in [0.1, 0.15) is 24.4 Å². The van der Waals surface area contributed by atoms with Crippen molar-refractivity contribution in [2.75, 3.05) is 11.9 Å². The number of nitrogens with zero attached hydrogens (tertiary/aromatic N) is 1. The van der Waals surface area contributed by atoms with Crippen LogP contribution < -0.4 is 5.32 Å². The number of hydrogen-bond donors (Lipinski definition) is 1. The largest absolute Gasteiger partial charge is 0.322 e. The van der Waals surface area contributed by atoms with Crippen LogP contribution in [0, 0.1) is 11.6 Å². The van der Waals surface area contributed by atoms with Gasteiger partial charge >= 0.3 is 6.03 Å². The van der Waals surface area contributed by atoms with Crippen molar-refractivity contribution < 1.29 is 13.6 Å². The number of amides is 2. The van der Waals surface area contributed by atoms with E-state index < -0.39 is 11.8 Å². The normalized spacial score (nSPS) is 17.3. The molecule has 2 aromatic rings. The number of anilines is 1. The SMILES string of the molecule is O=C(Nc1ccc(Br)cc1F)N1CCCC1c1ccccc1F. The molecular formula is C17H15BrF2N2O. The Kier molecular flexibility index (Phi) is 4.61. The smallest absolute Gasteiger partial charge is 0.317 e. The van der Waals surface area contributed by atoms with Gasteiger partial charge in [-0.1, -0.05) is 34.1 Å². The van der Waals surface area contributed by atoms with Crippen molar-refractivity contribution in [3.8, 4) is 0 Å². The van der Waals surface area contributed by atoms with Crippen molar-refractivity contribution in [2.24, 2.45) is 0 Å². The number of hydrogen-bond acceptors (Lipinski definition) is 1. The lowest BCUT2D eigenvalue weighted by molar-refractivity contribution is 0.206. The highest BCUT2D eigenvalue weighted by Crippen LogP contribution is 2.34. The summed E-state index contributed by atoms with van der Waals surface area (Å²) in [5, 5.41) is 2.57. The summed E-state index contributed by atoms with van der Waals surface area (Å²) in [6, 6.07) is 10.1. The molecule has 2 aromatic carbocycles. The van der Waals surface area contributed by atoms with Gasteiger partial charge in [-0.3, -0.25) is 0 Å². The molecule has 0 bridgehead atoms. The number of likely N-dealkylation sites (tertiary alicyclic amines) is 1. The van der Waals surface area contributed by atoms with Crippen LogP contribution in [0.4, 0.5) is 19.3 Å². The fourth-order valence-corrected chi connectivity index (χ4v) is 3.19. The molecule has 1 atom stereocenters. The summed E-state index contributed by atoms with van der Waals surface area (Å²) in [4.78, 5) is 14.0. The minimum atomic E-state index is -0.519. The van der Waals surface area contributed by atoms with Gasteiger partial charge in [0.1, 0.15) is 11.6 Å². The van der Waals surface area contributed by atoms with Gasteiger partial charge < -0.3 is 10.2 Å². The van der Waals surface area contributed by atoms with Crippen molar-refractivity contribution in [3.05, 3.63) is 64.1 Å². The van der Waals surface area contributed by atoms with E-state index in [1.807, 2.05) is 0 Å². The lowest BCUT2D eigenvalue weighted by Crippen LogP contribution is -2.35. The summed E-state index contributed by atoms with van der Waals surface area (Å²) in [7, 11) is 0. The molecule has 1 saturated heterocycles. The second kappa shape index (κ2) is 6.66. The third-order valence-corrected chi connectivity index (χ3v) is 4.44. The number of rotatable bonds is 2. The summed E-state index contributed by atoms with van der Waals surface area (Å²) in [6.07, 6.45) is 1.48. The second-order valence-electron chi connectivity index (χ2n) is 5.43. The van der Waals surface area contributed by atoms with Crippen LogP contribution in [0.2, 0.25) is 0 Å². The van der Waals surface area contributed by atoms with Crippen molar-refractivity contribution in [3.63, 3.8) is 0 Å². The summed E-state index contributed by atoms with van der Waals surface area (Å²) in [6.45, 7) is 0.517. The highest BCUT2D eigenvalue weighted by molar-refractivity contribution is 9.10. The summed E-state index contributed by atoms with van der Waals surface area (Å²) in [5.41, 5.74) is 0.605. The summed E-state index contributed by atoms with van der Waals surface area (Å²) >= 11 is 3.17.